The minimum atomic E-state index is -0.157. The third-order valence-electron chi connectivity index (χ3n) is 2.34. The molecule has 1 heterocycles. The number of aromatic nitrogens is 2. The molecule has 94 valence electrons. The zero-order valence-corrected chi connectivity index (χ0v) is 12.1. The van der Waals surface area contributed by atoms with Gasteiger partial charge in [0.15, 0.2) is 5.16 Å². The number of nitrogens with two attached hydrogens (primary N) is 1. The highest BCUT2D eigenvalue weighted by Crippen LogP contribution is 2.32. The quantitative estimate of drug-likeness (QED) is 0.851. The second-order valence-electron chi connectivity index (χ2n) is 3.82. The third kappa shape index (κ3) is 3.22. The molecule has 0 saturated heterocycles. The number of benzene rings is 1. The van der Waals surface area contributed by atoms with Gasteiger partial charge in [-0.25, -0.2) is 4.98 Å². The van der Waals surface area contributed by atoms with Crippen molar-refractivity contribution < 1.29 is 0 Å². The standard InChI is InChI=1S/C12H12BrN3OS/c1-7(14)8-2-3-10(9(13)6-8)18-12-15-5-4-11(17)16-12/h2-7H,14H2,1H3,(H,15,16,17). The molecule has 0 saturated carbocycles. The third-order valence-corrected chi connectivity index (χ3v) is 4.23. The summed E-state index contributed by atoms with van der Waals surface area (Å²) in [5, 5.41) is 0.566. The average molecular weight is 326 g/mol. The Bertz CT molecular complexity index is 612. The predicted octanol–water partition coefficient (Wildman–Crippen LogP) is 2.70. The van der Waals surface area contributed by atoms with E-state index in [4.69, 9.17) is 5.73 Å². The molecule has 4 nitrogen and oxygen atoms in total. The highest BCUT2D eigenvalue weighted by atomic mass is 79.9. The summed E-state index contributed by atoms with van der Waals surface area (Å²) in [6, 6.07) is 7.29. The van der Waals surface area contributed by atoms with E-state index in [0.29, 0.717) is 5.16 Å². The van der Waals surface area contributed by atoms with Crippen molar-refractivity contribution in [3.63, 3.8) is 0 Å². The van der Waals surface area contributed by atoms with E-state index in [1.165, 1.54) is 24.0 Å². The first-order valence-corrected chi connectivity index (χ1v) is 6.95. The first-order chi connectivity index (χ1) is 8.56. The normalized spacial score (nSPS) is 12.4. The molecule has 1 aromatic heterocycles. The summed E-state index contributed by atoms with van der Waals surface area (Å²) in [6.07, 6.45) is 1.49. The lowest BCUT2D eigenvalue weighted by molar-refractivity contribution is 0.815. The molecule has 0 amide bonds. The van der Waals surface area contributed by atoms with Crippen molar-refractivity contribution in [2.75, 3.05) is 0 Å². The Hall–Kier alpha value is -1.11. The molecule has 0 aliphatic carbocycles. The van der Waals surface area contributed by atoms with Crippen LogP contribution in [0.4, 0.5) is 0 Å². The van der Waals surface area contributed by atoms with Crippen LogP contribution in [0.2, 0.25) is 0 Å². The fraction of sp³-hybridized carbons (Fsp3) is 0.167. The van der Waals surface area contributed by atoms with Crippen LogP contribution in [0.5, 0.6) is 0 Å². The molecule has 0 radical (unpaired) electrons. The zero-order valence-electron chi connectivity index (χ0n) is 9.68. The molecule has 18 heavy (non-hydrogen) atoms. The molecular weight excluding hydrogens is 314 g/mol. The summed E-state index contributed by atoms with van der Waals surface area (Å²) in [5.74, 6) is 0. The van der Waals surface area contributed by atoms with Gasteiger partial charge in [0.25, 0.3) is 5.56 Å². The molecule has 0 bridgehead atoms. The number of rotatable bonds is 3. The predicted molar refractivity (Wildman–Crippen MR) is 75.7 cm³/mol. The van der Waals surface area contributed by atoms with Crippen LogP contribution in [-0.2, 0) is 0 Å². The Balaban J connectivity index is 2.27. The number of H-pyrrole nitrogens is 1. The number of hydrogen-bond donors (Lipinski definition) is 2. The van der Waals surface area contributed by atoms with Gasteiger partial charge in [0.1, 0.15) is 0 Å². The number of halogens is 1. The lowest BCUT2D eigenvalue weighted by Crippen LogP contribution is -2.05. The maximum atomic E-state index is 11.2. The van der Waals surface area contributed by atoms with Gasteiger partial charge in [0, 0.05) is 27.7 Å². The van der Waals surface area contributed by atoms with Crippen LogP contribution >= 0.6 is 27.7 Å². The fourth-order valence-corrected chi connectivity index (χ4v) is 2.80. The minimum absolute atomic E-state index is 0.00462. The largest absolute Gasteiger partial charge is 0.324 e. The molecule has 1 atom stereocenters. The fourth-order valence-electron chi connectivity index (χ4n) is 1.39. The van der Waals surface area contributed by atoms with E-state index < -0.39 is 0 Å². The van der Waals surface area contributed by atoms with Crippen LogP contribution in [0.25, 0.3) is 0 Å². The molecule has 1 unspecified atom stereocenters. The van der Waals surface area contributed by atoms with E-state index >= 15 is 0 Å². The molecule has 2 rings (SSSR count). The highest BCUT2D eigenvalue weighted by Gasteiger charge is 2.07. The SMILES string of the molecule is CC(N)c1ccc(Sc2nccc(=O)[nH]2)c(Br)c1. The smallest absolute Gasteiger partial charge is 0.251 e. The van der Waals surface area contributed by atoms with Crippen LogP contribution < -0.4 is 11.3 Å². The molecule has 2 aromatic rings. The Morgan fingerprint density at radius 2 is 2.22 bits per heavy atom. The van der Waals surface area contributed by atoms with Crippen LogP contribution in [0.1, 0.15) is 18.5 Å². The van der Waals surface area contributed by atoms with Crippen molar-refractivity contribution in [3.8, 4) is 0 Å². The van der Waals surface area contributed by atoms with Gasteiger partial charge in [-0.1, -0.05) is 17.8 Å². The molecule has 3 N–H and O–H groups in total. The maximum Gasteiger partial charge on any atom is 0.251 e. The Labute approximate surface area is 117 Å². The van der Waals surface area contributed by atoms with Crippen molar-refractivity contribution in [1.82, 2.24) is 9.97 Å². The second kappa shape index (κ2) is 5.69. The van der Waals surface area contributed by atoms with E-state index in [-0.39, 0.29) is 11.6 Å². The van der Waals surface area contributed by atoms with Crippen molar-refractivity contribution in [1.29, 1.82) is 0 Å². The topological polar surface area (TPSA) is 71.8 Å². The number of aromatic amines is 1. The van der Waals surface area contributed by atoms with E-state index in [1.54, 1.807) is 0 Å². The van der Waals surface area contributed by atoms with Crippen LogP contribution in [0, 0.1) is 0 Å². The molecule has 0 spiro atoms. The van der Waals surface area contributed by atoms with Gasteiger partial charge < -0.3 is 10.7 Å². The molecule has 0 aliphatic rings. The van der Waals surface area contributed by atoms with Crippen LogP contribution in [-0.4, -0.2) is 9.97 Å². The molecule has 6 heteroatoms. The Morgan fingerprint density at radius 3 is 2.83 bits per heavy atom. The lowest BCUT2D eigenvalue weighted by Gasteiger charge is -2.09. The molecule has 0 aliphatic heterocycles. The van der Waals surface area contributed by atoms with Gasteiger partial charge in [0.2, 0.25) is 0 Å². The first-order valence-electron chi connectivity index (χ1n) is 5.34. The van der Waals surface area contributed by atoms with Crippen LogP contribution in [0.15, 0.2) is 49.8 Å². The van der Waals surface area contributed by atoms with Gasteiger partial charge in [-0.05, 0) is 40.5 Å². The molecule has 0 fully saturated rings. The lowest BCUT2D eigenvalue weighted by atomic mass is 10.1. The molecular formula is C12H12BrN3OS. The van der Waals surface area contributed by atoms with E-state index in [1.807, 2.05) is 25.1 Å². The monoisotopic (exact) mass is 325 g/mol. The summed E-state index contributed by atoms with van der Waals surface area (Å²) in [5.41, 5.74) is 6.72. The van der Waals surface area contributed by atoms with Crippen LogP contribution in [0.3, 0.4) is 0 Å². The van der Waals surface area contributed by atoms with Gasteiger partial charge in [-0.15, -0.1) is 0 Å². The van der Waals surface area contributed by atoms with Crippen molar-refractivity contribution in [3.05, 3.63) is 50.9 Å². The summed E-state index contributed by atoms with van der Waals surface area (Å²) < 4.78 is 0.939. The van der Waals surface area contributed by atoms with E-state index in [0.717, 1.165) is 14.9 Å². The van der Waals surface area contributed by atoms with Gasteiger partial charge in [-0.3, -0.25) is 4.79 Å². The second-order valence-corrected chi connectivity index (χ2v) is 5.70. The maximum absolute atomic E-state index is 11.2. The summed E-state index contributed by atoms with van der Waals surface area (Å²) in [6.45, 7) is 1.94. The van der Waals surface area contributed by atoms with Crippen molar-refractivity contribution in [2.24, 2.45) is 5.73 Å². The van der Waals surface area contributed by atoms with Gasteiger partial charge >= 0.3 is 0 Å². The first kappa shape index (κ1) is 13.3. The Morgan fingerprint density at radius 1 is 1.44 bits per heavy atom. The van der Waals surface area contributed by atoms with Gasteiger partial charge in [0.05, 0.1) is 0 Å². The summed E-state index contributed by atoms with van der Waals surface area (Å²) >= 11 is 4.89. The highest BCUT2D eigenvalue weighted by molar-refractivity contribution is 9.10. The number of nitrogens with zero attached hydrogens (tertiary/aromatic N) is 1. The van der Waals surface area contributed by atoms with Crippen molar-refractivity contribution >= 4 is 27.7 Å². The van der Waals surface area contributed by atoms with E-state index in [2.05, 4.69) is 25.9 Å². The van der Waals surface area contributed by atoms with E-state index in [9.17, 15) is 4.79 Å². The summed E-state index contributed by atoms with van der Waals surface area (Å²) in [7, 11) is 0. The Kier molecular flexibility index (Phi) is 4.21. The molecule has 1 aromatic carbocycles. The zero-order chi connectivity index (χ0) is 13.1. The summed E-state index contributed by atoms with van der Waals surface area (Å²) in [4.78, 5) is 18.9. The van der Waals surface area contributed by atoms with Gasteiger partial charge in [-0.2, -0.15) is 0 Å². The number of hydrogen-bond acceptors (Lipinski definition) is 4. The average Bonchev–Trinajstić information content (AvgIpc) is 2.31. The number of nitrogens with one attached hydrogen (secondary N) is 1. The van der Waals surface area contributed by atoms with Crippen molar-refractivity contribution in [2.45, 2.75) is 23.0 Å². The minimum Gasteiger partial charge on any atom is -0.324 e.